The molecule has 0 amide bonds. The van der Waals surface area contributed by atoms with Crippen LogP contribution in [0.25, 0.3) is 78.2 Å². The van der Waals surface area contributed by atoms with Gasteiger partial charge in [0.05, 0.1) is 62.8 Å². The zero-order valence-electron chi connectivity index (χ0n) is 53.3. The molecule has 14 aromatic rings. The summed E-state index contributed by atoms with van der Waals surface area (Å²) in [6.07, 6.45) is 6.60. The first-order valence-electron chi connectivity index (χ1n) is 28.2. The van der Waals surface area contributed by atoms with Gasteiger partial charge >= 0.3 is 0 Å². The monoisotopic (exact) mass is 1640 g/mol. The van der Waals surface area contributed by atoms with E-state index in [1.165, 1.54) is 0 Å². The summed E-state index contributed by atoms with van der Waals surface area (Å²) < 4.78 is 77.4. The lowest BCUT2D eigenvalue weighted by atomic mass is 10.2. The van der Waals surface area contributed by atoms with Gasteiger partial charge in [0.15, 0.2) is 32.7 Å². The van der Waals surface area contributed by atoms with Gasteiger partial charge in [0.25, 0.3) is 40.5 Å². The topological polar surface area (TPSA) is 184 Å². The molecule has 0 saturated carbocycles. The van der Waals surface area contributed by atoms with Gasteiger partial charge in [0.1, 0.15) is 17.3 Å². The molecule has 14 aromatic heterocycles. The zero-order valence-corrected chi connectivity index (χ0v) is 64.4. The molecule has 0 bridgehead atoms. The van der Waals surface area contributed by atoms with Crippen LogP contribution in [0.2, 0.25) is 0 Å². The summed E-state index contributed by atoms with van der Waals surface area (Å²) in [5.41, 5.74) is 6.65. The van der Waals surface area contributed by atoms with Gasteiger partial charge in [-0.1, -0.05) is 96.9 Å². The Kier molecular flexibility index (Phi) is 37.4. The third-order valence-electron chi connectivity index (χ3n) is 10.7. The minimum Gasteiger partial charge on any atom is -0.433 e. The van der Waals surface area contributed by atoms with E-state index in [4.69, 9.17) is 61.8 Å². The fourth-order valence-electron chi connectivity index (χ4n) is 6.88. The highest BCUT2D eigenvalue weighted by atomic mass is 79.9. The van der Waals surface area contributed by atoms with Crippen molar-refractivity contribution in [2.45, 2.75) is 159 Å². The van der Waals surface area contributed by atoms with Gasteiger partial charge in [-0.3, -0.25) is 0 Å². The summed E-state index contributed by atoms with van der Waals surface area (Å²) in [7, 11) is 0. The molecule has 0 saturated heterocycles. The molecule has 0 spiro atoms. The SMILES string of the molecule is Brc1cc2ccoc2o1.CC.CC.CC.CC.CC.CC.CC.Cc1c(Br)oc2occc12.Cc1cc2c(C)c(Br)oc2o1.Cc1cc2cc(Br)oc2o1.Cc1coc2oc(Br)c(C)c12.Cc1coc2oc(Br)cc12.Cc1oc2oc(Br)cc2c1C. The van der Waals surface area contributed by atoms with Gasteiger partial charge < -0.3 is 61.8 Å². The van der Waals surface area contributed by atoms with Crippen molar-refractivity contribution in [3.63, 3.8) is 0 Å². The Bertz CT molecular complexity index is 3880. The summed E-state index contributed by atoms with van der Waals surface area (Å²) in [5, 5.41) is 7.24. The van der Waals surface area contributed by atoms with Crippen LogP contribution in [0.4, 0.5) is 0 Å². The van der Waals surface area contributed by atoms with Gasteiger partial charge in [-0.15, -0.1) is 0 Å². The molecule has 0 aromatic carbocycles. The highest BCUT2D eigenvalue weighted by Crippen LogP contribution is 2.35. The normalized spacial score (nSPS) is 9.74. The molecule has 14 heterocycles. The van der Waals surface area contributed by atoms with Gasteiger partial charge in [-0.2, -0.15) is 0 Å². The van der Waals surface area contributed by atoms with Gasteiger partial charge in [0, 0.05) is 46.5 Å². The summed E-state index contributed by atoms with van der Waals surface area (Å²) in [4.78, 5) is 0. The van der Waals surface area contributed by atoms with Crippen LogP contribution in [0.3, 0.4) is 0 Å². The maximum Gasteiger partial charge on any atom is 0.298 e. The van der Waals surface area contributed by atoms with E-state index in [1.807, 2.05) is 208 Å². The molecule has 21 heteroatoms. The number of rotatable bonds is 0. The Hall–Kier alpha value is -4.90. The molecule has 474 valence electrons. The predicted octanol–water partition coefficient (Wildman–Crippen LogP) is 29.5. The smallest absolute Gasteiger partial charge is 0.298 e. The fourth-order valence-corrected chi connectivity index (χ4v) is 9.49. The maximum absolute atomic E-state index is 5.32. The van der Waals surface area contributed by atoms with Crippen molar-refractivity contribution < 1.29 is 61.8 Å². The van der Waals surface area contributed by atoms with E-state index >= 15 is 0 Å². The van der Waals surface area contributed by atoms with Crippen LogP contribution in [0.15, 0.2) is 168 Å². The standard InChI is InChI=1S/3C8H7BrO2.3C7H5BrO2.C6H3BrO2.7C2H6/c1-4-5(2)10-8-6(4)3-7(9)11-8;1-4-3-10-8-6(4)5(2)7(9)11-8;1-4-3-6-5(2)7(9)11-8(6)10-4;1-4-3-9-7-5(4)2-6(8)10-7;1-4-2-5-3-6(8)10-7(5)9-4;1-4-5-2-3-9-7(5)10-6(4)8;7-5-3-4-1-2-8-6(4)9-5;7*1-2/h3*3H,1-2H3;3*2-3H,1H3;1-3H;7*1-2H3. The Morgan fingerprint density at radius 3 is 1.21 bits per heavy atom. The van der Waals surface area contributed by atoms with Crippen molar-refractivity contribution in [2.75, 3.05) is 0 Å². The maximum atomic E-state index is 5.32. The first kappa shape index (κ1) is 79.1. The minimum atomic E-state index is 0.571. The third kappa shape index (κ3) is 21.7. The Morgan fingerprint density at radius 2 is 0.674 bits per heavy atom. The minimum absolute atomic E-state index is 0.571. The van der Waals surface area contributed by atoms with Crippen LogP contribution in [-0.2, 0) is 0 Å². The summed E-state index contributed by atoms with van der Waals surface area (Å²) >= 11 is 22.7. The van der Waals surface area contributed by atoms with E-state index in [9.17, 15) is 0 Å². The van der Waals surface area contributed by atoms with Crippen molar-refractivity contribution in [3.8, 4) is 0 Å². The highest BCUT2D eigenvalue weighted by molar-refractivity contribution is 9.11. The first-order valence-corrected chi connectivity index (χ1v) is 33.8. The predicted molar refractivity (Wildman–Crippen MR) is 375 cm³/mol. The second kappa shape index (κ2) is 40.6. The molecule has 0 radical (unpaired) electrons. The van der Waals surface area contributed by atoms with E-state index < -0.39 is 0 Å². The average Bonchev–Trinajstić information content (AvgIpc) is 3.97. The molecule has 0 aliphatic heterocycles. The molecular weight excluding hydrogens is 1560 g/mol. The molecular formula is C65H81Br7O14. The van der Waals surface area contributed by atoms with E-state index in [0.29, 0.717) is 59.1 Å². The van der Waals surface area contributed by atoms with Crippen molar-refractivity contribution in [3.05, 3.63) is 157 Å². The van der Waals surface area contributed by atoms with Crippen LogP contribution in [0, 0.1) is 62.3 Å². The van der Waals surface area contributed by atoms with Crippen molar-refractivity contribution in [1.29, 1.82) is 0 Å². The second-order valence-corrected chi connectivity index (χ2v) is 21.1. The summed E-state index contributed by atoms with van der Waals surface area (Å²) in [5.74, 6) is 6.83. The van der Waals surface area contributed by atoms with Crippen LogP contribution in [-0.4, -0.2) is 0 Å². The first-order chi connectivity index (χ1) is 41.2. The van der Waals surface area contributed by atoms with Crippen molar-refractivity contribution in [1.82, 2.24) is 0 Å². The van der Waals surface area contributed by atoms with E-state index in [0.717, 1.165) is 102 Å². The molecule has 14 nitrogen and oxygen atoms in total. The molecule has 0 atom stereocenters. The average molecular weight is 1650 g/mol. The number of hydrogen-bond donors (Lipinski definition) is 0. The van der Waals surface area contributed by atoms with Crippen LogP contribution < -0.4 is 0 Å². The Labute approximate surface area is 562 Å². The number of aryl methyl sites for hydroxylation is 9. The quantitative estimate of drug-likeness (QED) is 0.140. The van der Waals surface area contributed by atoms with Crippen LogP contribution >= 0.6 is 112 Å². The number of fused-ring (bicyclic) bond motifs is 7. The number of hydrogen-bond acceptors (Lipinski definition) is 14. The lowest BCUT2D eigenvalue weighted by Crippen LogP contribution is -1.67. The molecule has 0 fully saturated rings. The molecule has 14 rings (SSSR count). The van der Waals surface area contributed by atoms with E-state index in [1.54, 1.807) is 25.1 Å². The fraction of sp³-hybridized carbons (Fsp3) is 0.354. The molecule has 0 aliphatic rings. The highest BCUT2D eigenvalue weighted by Gasteiger charge is 2.15. The molecule has 0 N–H and O–H groups in total. The largest absolute Gasteiger partial charge is 0.433 e. The van der Waals surface area contributed by atoms with Crippen molar-refractivity contribution in [2.24, 2.45) is 0 Å². The lowest BCUT2D eigenvalue weighted by Gasteiger charge is -1.83. The van der Waals surface area contributed by atoms with E-state index in [-0.39, 0.29) is 0 Å². The van der Waals surface area contributed by atoms with Crippen LogP contribution in [0.1, 0.15) is 148 Å². The lowest BCUT2D eigenvalue weighted by molar-refractivity contribution is 0.449. The summed E-state index contributed by atoms with van der Waals surface area (Å²) in [6.45, 7) is 45.7. The van der Waals surface area contributed by atoms with E-state index in [2.05, 4.69) is 112 Å². The molecule has 86 heavy (non-hydrogen) atoms. The van der Waals surface area contributed by atoms with Crippen LogP contribution in [0.5, 0.6) is 0 Å². The van der Waals surface area contributed by atoms with Gasteiger partial charge in [-0.25, -0.2) is 0 Å². The van der Waals surface area contributed by atoms with Crippen molar-refractivity contribution >= 4 is 190 Å². The molecule has 0 unspecified atom stereocenters. The number of halogens is 7. The number of furan rings is 14. The third-order valence-corrected chi connectivity index (χ3v) is 14.5. The molecule has 0 aliphatic carbocycles. The second-order valence-electron chi connectivity index (χ2n) is 15.8. The van der Waals surface area contributed by atoms with Gasteiger partial charge in [-0.05, 0) is 209 Å². The summed E-state index contributed by atoms with van der Waals surface area (Å²) in [6, 6.07) is 15.2. The van der Waals surface area contributed by atoms with Gasteiger partial charge in [0.2, 0.25) is 0 Å². The Balaban J connectivity index is 0.000000485. The Morgan fingerprint density at radius 1 is 0.279 bits per heavy atom. The zero-order chi connectivity index (χ0) is 65.7.